The Hall–Kier alpha value is -2.25. The molecule has 0 aliphatic carbocycles. The van der Waals surface area contributed by atoms with Crippen molar-refractivity contribution in [3.63, 3.8) is 0 Å². The van der Waals surface area contributed by atoms with Crippen LogP contribution in [0.4, 0.5) is 0 Å². The molecule has 2 fully saturated rings. The number of hydrogen-bond acceptors (Lipinski definition) is 5. The SMILES string of the molecule is CC1(CNCc2ccc3c(c2)C(=O)N(C2CCC(=O)NC2=O)C3)CCCN1. The van der Waals surface area contributed by atoms with Crippen molar-refractivity contribution >= 4 is 17.7 Å². The van der Waals surface area contributed by atoms with Gasteiger partial charge in [0, 0.05) is 37.2 Å². The van der Waals surface area contributed by atoms with Crippen LogP contribution in [0.2, 0.25) is 0 Å². The highest BCUT2D eigenvalue weighted by Gasteiger charge is 2.39. The van der Waals surface area contributed by atoms with Crippen molar-refractivity contribution in [2.75, 3.05) is 13.1 Å². The van der Waals surface area contributed by atoms with Crippen molar-refractivity contribution in [1.29, 1.82) is 0 Å². The lowest BCUT2D eigenvalue weighted by Gasteiger charge is -2.29. The molecular weight excluding hydrogens is 344 g/mol. The summed E-state index contributed by atoms with van der Waals surface area (Å²) in [5.74, 6) is -0.753. The van der Waals surface area contributed by atoms with E-state index in [2.05, 4.69) is 22.9 Å². The van der Waals surface area contributed by atoms with E-state index >= 15 is 0 Å². The summed E-state index contributed by atoms with van der Waals surface area (Å²) >= 11 is 0. The summed E-state index contributed by atoms with van der Waals surface area (Å²) in [4.78, 5) is 37.9. The fourth-order valence-corrected chi connectivity index (χ4v) is 4.30. The van der Waals surface area contributed by atoms with Gasteiger partial charge in [-0.1, -0.05) is 12.1 Å². The second-order valence-corrected chi connectivity index (χ2v) is 8.09. The number of benzene rings is 1. The molecule has 0 radical (unpaired) electrons. The van der Waals surface area contributed by atoms with E-state index in [-0.39, 0.29) is 29.7 Å². The number of amides is 3. The van der Waals surface area contributed by atoms with Crippen molar-refractivity contribution in [2.24, 2.45) is 0 Å². The first-order chi connectivity index (χ1) is 13.0. The zero-order valence-electron chi connectivity index (χ0n) is 15.6. The largest absolute Gasteiger partial charge is 0.322 e. The Morgan fingerprint density at radius 3 is 2.89 bits per heavy atom. The first kappa shape index (κ1) is 18.1. The van der Waals surface area contributed by atoms with Crippen molar-refractivity contribution in [3.8, 4) is 0 Å². The van der Waals surface area contributed by atoms with E-state index < -0.39 is 6.04 Å². The molecule has 1 aromatic carbocycles. The molecule has 7 nitrogen and oxygen atoms in total. The van der Waals surface area contributed by atoms with Gasteiger partial charge in [0.1, 0.15) is 6.04 Å². The van der Waals surface area contributed by atoms with Crippen LogP contribution in [-0.4, -0.2) is 47.3 Å². The van der Waals surface area contributed by atoms with Crippen molar-refractivity contribution in [1.82, 2.24) is 20.9 Å². The first-order valence-electron chi connectivity index (χ1n) is 9.67. The van der Waals surface area contributed by atoms with Crippen LogP contribution in [0.15, 0.2) is 18.2 Å². The Kier molecular flexibility index (Phi) is 4.74. The van der Waals surface area contributed by atoms with Crippen LogP contribution in [-0.2, 0) is 22.7 Å². The van der Waals surface area contributed by atoms with Crippen molar-refractivity contribution in [3.05, 3.63) is 34.9 Å². The number of hydrogen-bond donors (Lipinski definition) is 3. The number of nitrogens with zero attached hydrogens (tertiary/aromatic N) is 1. The Morgan fingerprint density at radius 1 is 1.30 bits per heavy atom. The molecule has 2 atom stereocenters. The van der Waals surface area contributed by atoms with Crippen molar-refractivity contribution in [2.45, 2.75) is 57.3 Å². The lowest BCUT2D eigenvalue weighted by Crippen LogP contribution is -2.52. The van der Waals surface area contributed by atoms with Gasteiger partial charge in [-0.3, -0.25) is 19.7 Å². The van der Waals surface area contributed by atoms with E-state index in [9.17, 15) is 14.4 Å². The van der Waals surface area contributed by atoms with Gasteiger partial charge in [0.15, 0.2) is 0 Å². The van der Waals surface area contributed by atoms with Gasteiger partial charge in [0.2, 0.25) is 11.8 Å². The van der Waals surface area contributed by atoms with Crippen LogP contribution in [0, 0.1) is 0 Å². The van der Waals surface area contributed by atoms with Gasteiger partial charge in [-0.15, -0.1) is 0 Å². The average molecular weight is 370 g/mol. The zero-order valence-corrected chi connectivity index (χ0v) is 15.6. The van der Waals surface area contributed by atoms with Crippen LogP contribution < -0.4 is 16.0 Å². The lowest BCUT2D eigenvalue weighted by atomic mass is 10.0. The first-order valence-corrected chi connectivity index (χ1v) is 9.67. The third kappa shape index (κ3) is 3.61. The number of piperidine rings is 1. The van der Waals surface area contributed by atoms with Crippen LogP contribution >= 0.6 is 0 Å². The van der Waals surface area contributed by atoms with E-state index in [1.54, 1.807) is 4.90 Å². The Morgan fingerprint density at radius 2 is 2.15 bits per heavy atom. The second-order valence-electron chi connectivity index (χ2n) is 8.09. The molecule has 2 unspecified atom stereocenters. The maximum atomic E-state index is 12.8. The Labute approximate surface area is 158 Å². The zero-order chi connectivity index (χ0) is 19.0. The molecule has 0 bridgehead atoms. The second kappa shape index (κ2) is 7.05. The topological polar surface area (TPSA) is 90.5 Å². The molecule has 0 saturated carbocycles. The lowest BCUT2D eigenvalue weighted by molar-refractivity contribution is -0.136. The van der Waals surface area contributed by atoms with Gasteiger partial charge in [-0.25, -0.2) is 0 Å². The minimum absolute atomic E-state index is 0.120. The van der Waals surface area contributed by atoms with E-state index in [1.807, 2.05) is 18.2 Å². The molecule has 27 heavy (non-hydrogen) atoms. The Balaban J connectivity index is 1.40. The van der Waals surface area contributed by atoms with Crippen LogP contribution in [0.3, 0.4) is 0 Å². The molecule has 3 N–H and O–H groups in total. The van der Waals surface area contributed by atoms with E-state index in [1.165, 1.54) is 12.8 Å². The van der Waals surface area contributed by atoms with Crippen LogP contribution in [0.25, 0.3) is 0 Å². The number of carbonyl (C=O) groups is 3. The normalized spacial score (nSPS) is 27.8. The molecule has 2 saturated heterocycles. The maximum Gasteiger partial charge on any atom is 0.255 e. The molecule has 3 aliphatic rings. The molecule has 0 aromatic heterocycles. The third-order valence-corrected chi connectivity index (χ3v) is 5.89. The third-order valence-electron chi connectivity index (χ3n) is 5.89. The molecule has 0 spiro atoms. The van der Waals surface area contributed by atoms with Gasteiger partial charge >= 0.3 is 0 Å². The molecule has 7 heteroatoms. The summed E-state index contributed by atoms with van der Waals surface area (Å²) < 4.78 is 0. The van der Waals surface area contributed by atoms with Crippen LogP contribution in [0.1, 0.15) is 54.1 Å². The van der Waals surface area contributed by atoms with Gasteiger partial charge < -0.3 is 15.5 Å². The van der Waals surface area contributed by atoms with Gasteiger partial charge in [-0.05, 0) is 49.9 Å². The van der Waals surface area contributed by atoms with Gasteiger partial charge in [0.05, 0.1) is 0 Å². The minimum atomic E-state index is -0.558. The number of nitrogens with one attached hydrogen (secondary N) is 3. The number of carbonyl (C=O) groups excluding carboxylic acids is 3. The van der Waals surface area contributed by atoms with Gasteiger partial charge in [-0.2, -0.15) is 0 Å². The highest BCUT2D eigenvalue weighted by atomic mass is 16.2. The molecule has 1 aromatic rings. The van der Waals surface area contributed by atoms with Crippen LogP contribution in [0.5, 0.6) is 0 Å². The summed E-state index contributed by atoms with van der Waals surface area (Å²) in [7, 11) is 0. The molecule has 3 heterocycles. The predicted octanol–water partition coefficient (Wildman–Crippen LogP) is 0.679. The molecule has 3 amide bonds. The number of imide groups is 1. The summed E-state index contributed by atoms with van der Waals surface area (Å²) in [6.07, 6.45) is 3.05. The van der Waals surface area contributed by atoms with Gasteiger partial charge in [0.25, 0.3) is 5.91 Å². The highest BCUT2D eigenvalue weighted by molar-refractivity contribution is 6.05. The summed E-state index contributed by atoms with van der Waals surface area (Å²) in [5.41, 5.74) is 2.82. The summed E-state index contributed by atoms with van der Waals surface area (Å²) in [5, 5.41) is 9.36. The Bertz CT molecular complexity index is 785. The van der Waals surface area contributed by atoms with E-state index in [0.717, 1.165) is 24.2 Å². The molecule has 3 aliphatic heterocycles. The smallest absolute Gasteiger partial charge is 0.255 e. The molecule has 144 valence electrons. The number of fused-ring (bicyclic) bond motifs is 1. The highest BCUT2D eigenvalue weighted by Crippen LogP contribution is 2.28. The fourth-order valence-electron chi connectivity index (χ4n) is 4.30. The summed E-state index contributed by atoms with van der Waals surface area (Å²) in [6.45, 7) is 5.32. The molecule has 4 rings (SSSR count). The summed E-state index contributed by atoms with van der Waals surface area (Å²) in [6, 6.07) is 5.39. The monoisotopic (exact) mass is 370 g/mol. The molecular formula is C20H26N4O3. The van der Waals surface area contributed by atoms with E-state index in [0.29, 0.717) is 25.1 Å². The average Bonchev–Trinajstić information content (AvgIpc) is 3.20. The van der Waals surface area contributed by atoms with Crippen molar-refractivity contribution < 1.29 is 14.4 Å². The maximum absolute atomic E-state index is 12.8. The quantitative estimate of drug-likeness (QED) is 0.663. The fraction of sp³-hybridized carbons (Fsp3) is 0.550. The van der Waals surface area contributed by atoms with E-state index in [4.69, 9.17) is 0 Å². The number of rotatable bonds is 5. The minimum Gasteiger partial charge on any atom is -0.322 e. The predicted molar refractivity (Wildman–Crippen MR) is 99.8 cm³/mol. The standard InChI is InChI=1S/C20H26N4O3/c1-20(7-2-8-22-20)12-21-10-13-3-4-14-11-24(19(27)15(14)9-13)16-5-6-17(25)23-18(16)26/h3-4,9,16,21-22H,2,5-8,10-12H2,1H3,(H,23,25,26).